The first kappa shape index (κ1) is 17.3. The zero-order chi connectivity index (χ0) is 18.0. The molecule has 3 aromatic heterocycles. The molecule has 3 rings (SSSR count). The number of nitrogens with one attached hydrogen (secondary N) is 1. The maximum Gasteiger partial charge on any atom is 0.348 e. The fraction of sp³-hybridized carbons (Fsp3) is 0.250. The van der Waals surface area contributed by atoms with Crippen molar-refractivity contribution in [3.63, 3.8) is 0 Å². The van der Waals surface area contributed by atoms with E-state index in [-0.39, 0.29) is 24.6 Å². The smallest absolute Gasteiger partial charge is 0.348 e. The Morgan fingerprint density at radius 2 is 2.08 bits per heavy atom. The number of H-pyrrole nitrogens is 1. The van der Waals surface area contributed by atoms with Gasteiger partial charge in [-0.1, -0.05) is 0 Å². The number of ether oxygens (including phenoxy) is 2. The molecule has 1 N–H and O–H groups in total. The molecule has 0 saturated heterocycles. The van der Waals surface area contributed by atoms with E-state index in [1.54, 1.807) is 30.7 Å². The van der Waals surface area contributed by atoms with E-state index < -0.39 is 11.9 Å². The van der Waals surface area contributed by atoms with Crippen molar-refractivity contribution in [1.29, 1.82) is 0 Å². The van der Waals surface area contributed by atoms with Gasteiger partial charge in [-0.15, -0.1) is 11.3 Å². The molecule has 0 fully saturated rings. The van der Waals surface area contributed by atoms with Crippen molar-refractivity contribution in [2.75, 3.05) is 6.61 Å². The second-order valence-electron chi connectivity index (χ2n) is 5.06. The molecule has 3 heterocycles. The Balaban J connectivity index is 1.87. The molecule has 0 aliphatic carbocycles. The lowest BCUT2D eigenvalue weighted by Gasteiger charge is -2.03. The van der Waals surface area contributed by atoms with Crippen molar-refractivity contribution in [3.05, 3.63) is 49.0 Å². The molecule has 7 nitrogen and oxygen atoms in total. The summed E-state index contributed by atoms with van der Waals surface area (Å²) in [7, 11) is 0. The molecule has 3 aromatic rings. The van der Waals surface area contributed by atoms with E-state index in [1.807, 2.05) is 0 Å². The topological polar surface area (TPSA) is 98.3 Å². The van der Waals surface area contributed by atoms with Crippen LogP contribution in [0.3, 0.4) is 0 Å². The number of aromatic nitrogens is 2. The summed E-state index contributed by atoms with van der Waals surface area (Å²) in [6.45, 7) is 3.48. The number of hydrogen-bond donors (Lipinski definition) is 1. The Kier molecular flexibility index (Phi) is 4.95. The predicted octanol–water partition coefficient (Wildman–Crippen LogP) is 2.89. The van der Waals surface area contributed by atoms with E-state index in [2.05, 4.69) is 9.97 Å². The number of nitrogens with zero attached hydrogens (tertiary/aromatic N) is 1. The minimum absolute atomic E-state index is 0.161. The third-order valence-corrected chi connectivity index (χ3v) is 5.26. The minimum atomic E-state index is -0.487. The second kappa shape index (κ2) is 7.16. The highest BCUT2D eigenvalue weighted by Gasteiger charge is 2.20. The quantitative estimate of drug-likeness (QED) is 0.686. The van der Waals surface area contributed by atoms with Crippen LogP contribution in [0.2, 0.25) is 0 Å². The first-order chi connectivity index (χ1) is 12.0. The summed E-state index contributed by atoms with van der Waals surface area (Å²) in [5, 5.41) is 3.80. The fourth-order valence-corrected chi connectivity index (χ4v) is 3.97. The van der Waals surface area contributed by atoms with Crippen LogP contribution in [0.15, 0.2) is 21.6 Å². The number of carbonyl (C=O) groups is 2. The van der Waals surface area contributed by atoms with Crippen molar-refractivity contribution in [3.8, 4) is 0 Å². The van der Waals surface area contributed by atoms with Gasteiger partial charge in [0, 0.05) is 5.38 Å². The SMILES string of the molecule is CCOC(=O)c1sc2nc(COC(=O)c3ccsc3)[nH]c(=O)c2c1C. The molecular weight excluding hydrogens is 364 g/mol. The number of hydrogen-bond acceptors (Lipinski definition) is 8. The van der Waals surface area contributed by atoms with Gasteiger partial charge in [0.15, 0.2) is 0 Å². The standard InChI is InChI=1S/C16H14N2O5S2/c1-3-22-16(21)12-8(2)11-13(19)17-10(18-14(11)25-12)6-23-15(20)9-4-5-24-7-9/h4-5,7H,3,6H2,1-2H3,(H,17,18,19). The van der Waals surface area contributed by atoms with Gasteiger partial charge < -0.3 is 14.5 Å². The summed E-state index contributed by atoms with van der Waals surface area (Å²) >= 11 is 2.48. The Labute approximate surface area is 150 Å². The molecule has 0 radical (unpaired) electrons. The second-order valence-corrected chi connectivity index (χ2v) is 6.84. The highest BCUT2D eigenvalue weighted by Crippen LogP contribution is 2.27. The van der Waals surface area contributed by atoms with E-state index in [0.717, 1.165) is 11.3 Å². The number of thiophene rings is 2. The summed E-state index contributed by atoms with van der Waals surface area (Å²) in [5.41, 5.74) is 0.606. The van der Waals surface area contributed by atoms with Crippen LogP contribution < -0.4 is 5.56 Å². The zero-order valence-electron chi connectivity index (χ0n) is 13.5. The van der Waals surface area contributed by atoms with Crippen LogP contribution in [0.1, 0.15) is 38.3 Å². The van der Waals surface area contributed by atoms with Crippen molar-refractivity contribution >= 4 is 44.8 Å². The van der Waals surface area contributed by atoms with Crippen LogP contribution in [0.4, 0.5) is 0 Å². The van der Waals surface area contributed by atoms with E-state index in [9.17, 15) is 14.4 Å². The lowest BCUT2D eigenvalue weighted by atomic mass is 10.2. The van der Waals surface area contributed by atoms with Gasteiger partial charge in [-0.2, -0.15) is 11.3 Å². The molecule has 0 aromatic carbocycles. The third kappa shape index (κ3) is 3.47. The Morgan fingerprint density at radius 1 is 1.28 bits per heavy atom. The summed E-state index contributed by atoms with van der Waals surface area (Å²) in [4.78, 5) is 43.8. The summed E-state index contributed by atoms with van der Waals surface area (Å²) < 4.78 is 10.1. The normalized spacial score (nSPS) is 10.8. The molecule has 0 unspecified atom stereocenters. The van der Waals surface area contributed by atoms with Crippen LogP contribution in [-0.4, -0.2) is 28.5 Å². The number of esters is 2. The van der Waals surface area contributed by atoms with Gasteiger partial charge in [0.2, 0.25) is 0 Å². The van der Waals surface area contributed by atoms with Crippen LogP contribution in [0.5, 0.6) is 0 Å². The van der Waals surface area contributed by atoms with E-state index in [4.69, 9.17) is 9.47 Å². The van der Waals surface area contributed by atoms with Crippen molar-refractivity contribution in [2.24, 2.45) is 0 Å². The third-order valence-electron chi connectivity index (χ3n) is 3.41. The number of aromatic amines is 1. The average Bonchev–Trinajstić information content (AvgIpc) is 3.21. The molecule has 0 aliphatic heterocycles. The number of rotatable bonds is 5. The number of fused-ring (bicyclic) bond motifs is 1. The van der Waals surface area contributed by atoms with Gasteiger partial charge >= 0.3 is 11.9 Å². The van der Waals surface area contributed by atoms with Gasteiger partial charge in [-0.3, -0.25) is 4.79 Å². The molecular formula is C16H14N2O5S2. The summed E-state index contributed by atoms with van der Waals surface area (Å²) in [6, 6.07) is 1.65. The predicted molar refractivity (Wildman–Crippen MR) is 94.4 cm³/mol. The molecule has 0 spiro atoms. The maximum absolute atomic E-state index is 12.3. The molecule has 0 bridgehead atoms. The first-order valence-electron chi connectivity index (χ1n) is 7.40. The molecule has 25 heavy (non-hydrogen) atoms. The summed E-state index contributed by atoms with van der Waals surface area (Å²) in [6.07, 6.45) is 0. The van der Waals surface area contributed by atoms with Crippen LogP contribution in [0, 0.1) is 6.92 Å². The monoisotopic (exact) mass is 378 g/mol. The van der Waals surface area contributed by atoms with Crippen LogP contribution in [-0.2, 0) is 16.1 Å². The maximum atomic E-state index is 12.3. The largest absolute Gasteiger partial charge is 0.462 e. The molecule has 0 aliphatic rings. The van der Waals surface area contributed by atoms with Gasteiger partial charge in [0.1, 0.15) is 22.1 Å². The highest BCUT2D eigenvalue weighted by atomic mass is 32.1. The molecule has 0 atom stereocenters. The first-order valence-corrected chi connectivity index (χ1v) is 9.16. The van der Waals surface area contributed by atoms with E-state index in [0.29, 0.717) is 26.2 Å². The van der Waals surface area contributed by atoms with Gasteiger partial charge in [-0.25, -0.2) is 14.6 Å². The number of aryl methyl sites for hydroxylation is 1. The van der Waals surface area contributed by atoms with Gasteiger partial charge in [0.25, 0.3) is 5.56 Å². The van der Waals surface area contributed by atoms with Crippen molar-refractivity contribution in [1.82, 2.24) is 9.97 Å². The zero-order valence-corrected chi connectivity index (χ0v) is 15.1. The van der Waals surface area contributed by atoms with Crippen molar-refractivity contribution < 1.29 is 19.1 Å². The lowest BCUT2D eigenvalue weighted by Crippen LogP contribution is -2.14. The molecule has 0 saturated carbocycles. The Bertz CT molecular complexity index is 988. The molecule has 0 amide bonds. The van der Waals surface area contributed by atoms with Gasteiger partial charge in [-0.05, 0) is 30.9 Å². The van der Waals surface area contributed by atoms with E-state index in [1.165, 1.54) is 11.3 Å². The molecule has 9 heteroatoms. The lowest BCUT2D eigenvalue weighted by molar-refractivity contribution is 0.0462. The fourth-order valence-electron chi connectivity index (χ4n) is 2.25. The Morgan fingerprint density at radius 3 is 2.76 bits per heavy atom. The van der Waals surface area contributed by atoms with Crippen LogP contribution >= 0.6 is 22.7 Å². The average molecular weight is 378 g/mol. The van der Waals surface area contributed by atoms with Crippen LogP contribution in [0.25, 0.3) is 10.2 Å². The molecule has 130 valence electrons. The Hall–Kier alpha value is -2.52. The highest BCUT2D eigenvalue weighted by molar-refractivity contribution is 7.20. The summed E-state index contributed by atoms with van der Waals surface area (Å²) in [5.74, 6) is -0.746. The minimum Gasteiger partial charge on any atom is -0.462 e. The number of carbonyl (C=O) groups excluding carboxylic acids is 2. The van der Waals surface area contributed by atoms with Gasteiger partial charge in [0.05, 0.1) is 17.6 Å². The van der Waals surface area contributed by atoms with Crippen molar-refractivity contribution in [2.45, 2.75) is 20.5 Å². The van der Waals surface area contributed by atoms with E-state index >= 15 is 0 Å².